The Labute approximate surface area is 120 Å². The Hall–Kier alpha value is -1.62. The minimum Gasteiger partial charge on any atom is -0.396 e. The van der Waals surface area contributed by atoms with Gasteiger partial charge in [0.05, 0.1) is 0 Å². The van der Waals surface area contributed by atoms with Gasteiger partial charge in [0.15, 0.2) is 0 Å². The number of aromatic nitrogens is 1. The molecule has 2 heterocycles. The second kappa shape index (κ2) is 6.22. The third-order valence-electron chi connectivity index (χ3n) is 4.34. The molecule has 0 aromatic carbocycles. The maximum atomic E-state index is 12.2. The van der Waals surface area contributed by atoms with Gasteiger partial charge in [-0.15, -0.1) is 0 Å². The van der Waals surface area contributed by atoms with Crippen molar-refractivity contribution in [1.82, 2.24) is 9.88 Å². The van der Waals surface area contributed by atoms with Gasteiger partial charge in [-0.1, -0.05) is 6.92 Å². The standard InChI is InChI=1S/C15H23N3O2/c1-3-15(11-19)5-8-18(9-6-15)14(20)17-13-4-7-16-12(2)10-13/h4,7,10,19H,3,5-6,8-9,11H2,1-2H3,(H,16,17,20). The number of nitrogens with zero attached hydrogens (tertiary/aromatic N) is 2. The molecular formula is C15H23N3O2. The van der Waals surface area contributed by atoms with Crippen molar-refractivity contribution in [2.45, 2.75) is 33.1 Å². The highest BCUT2D eigenvalue weighted by molar-refractivity contribution is 5.89. The lowest BCUT2D eigenvalue weighted by Gasteiger charge is -2.40. The highest BCUT2D eigenvalue weighted by Gasteiger charge is 2.33. The summed E-state index contributed by atoms with van der Waals surface area (Å²) in [5.41, 5.74) is 1.66. The maximum Gasteiger partial charge on any atom is 0.321 e. The molecule has 0 unspecified atom stereocenters. The Bertz CT molecular complexity index is 462. The fourth-order valence-electron chi connectivity index (χ4n) is 2.63. The Morgan fingerprint density at radius 3 is 2.75 bits per heavy atom. The number of piperidine rings is 1. The van der Waals surface area contributed by atoms with Gasteiger partial charge in [-0.3, -0.25) is 4.98 Å². The first-order valence-corrected chi connectivity index (χ1v) is 7.18. The molecule has 0 spiro atoms. The predicted molar refractivity (Wildman–Crippen MR) is 78.6 cm³/mol. The minimum absolute atomic E-state index is 0.00400. The predicted octanol–water partition coefficient (Wildman–Crippen LogP) is 2.41. The average Bonchev–Trinajstić information content (AvgIpc) is 2.47. The smallest absolute Gasteiger partial charge is 0.321 e. The van der Waals surface area contributed by atoms with Gasteiger partial charge < -0.3 is 15.3 Å². The molecule has 20 heavy (non-hydrogen) atoms. The van der Waals surface area contributed by atoms with Crippen LogP contribution in [0.15, 0.2) is 18.3 Å². The van der Waals surface area contributed by atoms with E-state index in [0.717, 1.165) is 30.6 Å². The van der Waals surface area contributed by atoms with Crippen molar-refractivity contribution in [3.05, 3.63) is 24.0 Å². The van der Waals surface area contributed by atoms with E-state index in [9.17, 15) is 9.90 Å². The van der Waals surface area contributed by atoms with E-state index >= 15 is 0 Å². The Kier molecular flexibility index (Phi) is 4.60. The Morgan fingerprint density at radius 2 is 2.20 bits per heavy atom. The summed E-state index contributed by atoms with van der Waals surface area (Å²) in [6.07, 6.45) is 4.38. The number of urea groups is 1. The molecule has 5 heteroatoms. The molecule has 2 N–H and O–H groups in total. The van der Waals surface area contributed by atoms with Gasteiger partial charge >= 0.3 is 6.03 Å². The number of aliphatic hydroxyl groups is 1. The molecule has 0 aliphatic carbocycles. The first-order valence-electron chi connectivity index (χ1n) is 7.18. The largest absolute Gasteiger partial charge is 0.396 e. The maximum absolute atomic E-state index is 12.2. The number of aryl methyl sites for hydroxylation is 1. The second-order valence-corrected chi connectivity index (χ2v) is 5.61. The zero-order valence-electron chi connectivity index (χ0n) is 12.2. The molecular weight excluding hydrogens is 254 g/mol. The van der Waals surface area contributed by atoms with Gasteiger partial charge in [0.1, 0.15) is 0 Å². The van der Waals surface area contributed by atoms with Crippen LogP contribution in [0.4, 0.5) is 10.5 Å². The van der Waals surface area contributed by atoms with Crippen molar-refractivity contribution in [3.8, 4) is 0 Å². The van der Waals surface area contributed by atoms with Crippen molar-refractivity contribution < 1.29 is 9.90 Å². The summed E-state index contributed by atoms with van der Waals surface area (Å²) in [6.45, 7) is 5.61. The van der Waals surface area contributed by atoms with Crippen LogP contribution in [0.2, 0.25) is 0 Å². The summed E-state index contributed by atoms with van der Waals surface area (Å²) < 4.78 is 0. The van der Waals surface area contributed by atoms with Crippen molar-refractivity contribution >= 4 is 11.7 Å². The lowest BCUT2D eigenvalue weighted by Crippen LogP contribution is -2.46. The van der Waals surface area contributed by atoms with Crippen LogP contribution in [-0.4, -0.2) is 40.7 Å². The number of anilines is 1. The number of likely N-dealkylation sites (tertiary alicyclic amines) is 1. The van der Waals surface area contributed by atoms with E-state index in [-0.39, 0.29) is 18.1 Å². The normalized spacial score (nSPS) is 17.9. The average molecular weight is 277 g/mol. The highest BCUT2D eigenvalue weighted by Crippen LogP contribution is 2.34. The molecule has 0 atom stereocenters. The quantitative estimate of drug-likeness (QED) is 0.891. The van der Waals surface area contributed by atoms with Crippen LogP contribution in [0.5, 0.6) is 0 Å². The molecule has 1 saturated heterocycles. The summed E-state index contributed by atoms with van der Waals surface area (Å²) in [6, 6.07) is 3.57. The Balaban J connectivity index is 1.92. The van der Waals surface area contributed by atoms with E-state index in [2.05, 4.69) is 17.2 Å². The van der Waals surface area contributed by atoms with Crippen molar-refractivity contribution in [1.29, 1.82) is 0 Å². The monoisotopic (exact) mass is 277 g/mol. The minimum atomic E-state index is -0.0711. The summed E-state index contributed by atoms with van der Waals surface area (Å²) in [5, 5.41) is 12.4. The van der Waals surface area contributed by atoms with E-state index in [1.165, 1.54) is 0 Å². The lowest BCUT2D eigenvalue weighted by molar-refractivity contribution is 0.0542. The van der Waals surface area contributed by atoms with Crippen LogP contribution in [0.1, 0.15) is 31.9 Å². The first-order chi connectivity index (χ1) is 9.58. The number of carbonyl (C=O) groups is 1. The zero-order chi connectivity index (χ0) is 14.6. The van der Waals surface area contributed by atoms with E-state index in [0.29, 0.717) is 13.1 Å². The SMILES string of the molecule is CCC1(CO)CCN(C(=O)Nc2ccnc(C)c2)CC1. The van der Waals surface area contributed by atoms with Crippen molar-refractivity contribution in [3.63, 3.8) is 0 Å². The number of carbonyl (C=O) groups excluding carboxylic acids is 1. The third kappa shape index (κ3) is 3.28. The third-order valence-corrected chi connectivity index (χ3v) is 4.34. The second-order valence-electron chi connectivity index (χ2n) is 5.61. The number of hydrogen-bond acceptors (Lipinski definition) is 3. The fourth-order valence-corrected chi connectivity index (χ4v) is 2.63. The zero-order valence-corrected chi connectivity index (χ0v) is 12.2. The number of rotatable bonds is 3. The highest BCUT2D eigenvalue weighted by atomic mass is 16.3. The summed E-state index contributed by atoms with van der Waals surface area (Å²) in [5.74, 6) is 0. The van der Waals surface area contributed by atoms with Crippen molar-refractivity contribution in [2.24, 2.45) is 5.41 Å². The van der Waals surface area contributed by atoms with Gasteiger partial charge in [-0.25, -0.2) is 4.79 Å². The summed E-state index contributed by atoms with van der Waals surface area (Å²) >= 11 is 0. The molecule has 0 radical (unpaired) electrons. The molecule has 2 amide bonds. The summed E-state index contributed by atoms with van der Waals surface area (Å²) in [4.78, 5) is 18.1. The fraction of sp³-hybridized carbons (Fsp3) is 0.600. The Morgan fingerprint density at radius 1 is 1.50 bits per heavy atom. The van der Waals surface area contributed by atoms with E-state index < -0.39 is 0 Å². The molecule has 110 valence electrons. The molecule has 5 nitrogen and oxygen atoms in total. The number of nitrogens with one attached hydrogen (secondary N) is 1. The van der Waals surface area contributed by atoms with Gasteiger partial charge in [0, 0.05) is 37.3 Å². The lowest BCUT2D eigenvalue weighted by atomic mass is 9.77. The molecule has 2 rings (SSSR count). The molecule has 1 aliphatic heterocycles. The molecule has 0 bridgehead atoms. The van der Waals surface area contributed by atoms with Crippen molar-refractivity contribution in [2.75, 3.05) is 25.0 Å². The topological polar surface area (TPSA) is 65.5 Å². The van der Waals surface area contributed by atoms with Crippen LogP contribution in [0.25, 0.3) is 0 Å². The van der Waals surface area contributed by atoms with E-state index in [1.54, 1.807) is 12.3 Å². The first kappa shape index (κ1) is 14.8. The molecule has 1 aliphatic rings. The van der Waals surface area contributed by atoms with E-state index in [1.807, 2.05) is 17.9 Å². The number of hydrogen-bond donors (Lipinski definition) is 2. The van der Waals surface area contributed by atoms with Crippen LogP contribution >= 0.6 is 0 Å². The summed E-state index contributed by atoms with van der Waals surface area (Å²) in [7, 11) is 0. The molecule has 1 fully saturated rings. The van der Waals surface area contributed by atoms with Crippen LogP contribution in [0, 0.1) is 12.3 Å². The van der Waals surface area contributed by atoms with Crippen LogP contribution < -0.4 is 5.32 Å². The number of pyridine rings is 1. The number of aliphatic hydroxyl groups excluding tert-OH is 1. The van der Waals surface area contributed by atoms with Gasteiger partial charge in [-0.2, -0.15) is 0 Å². The van der Waals surface area contributed by atoms with E-state index in [4.69, 9.17) is 0 Å². The van der Waals surface area contributed by atoms with Crippen LogP contribution in [0.3, 0.4) is 0 Å². The molecule has 1 aromatic rings. The van der Waals surface area contributed by atoms with Gasteiger partial charge in [-0.05, 0) is 43.7 Å². The van der Waals surface area contributed by atoms with Gasteiger partial charge in [0.25, 0.3) is 0 Å². The molecule has 1 aromatic heterocycles. The number of amides is 2. The van der Waals surface area contributed by atoms with Crippen LogP contribution in [-0.2, 0) is 0 Å². The van der Waals surface area contributed by atoms with Gasteiger partial charge in [0.2, 0.25) is 0 Å². The molecule has 0 saturated carbocycles.